The van der Waals surface area contributed by atoms with Crippen LogP contribution in [0, 0.1) is 6.92 Å². The van der Waals surface area contributed by atoms with E-state index in [0.717, 1.165) is 16.9 Å². The van der Waals surface area contributed by atoms with E-state index in [2.05, 4.69) is 16.0 Å². The van der Waals surface area contributed by atoms with Crippen LogP contribution in [0.25, 0.3) is 11.0 Å². The molecule has 1 saturated heterocycles. The van der Waals surface area contributed by atoms with Gasteiger partial charge in [0.25, 0.3) is 0 Å². The van der Waals surface area contributed by atoms with Crippen LogP contribution in [-0.2, 0) is 9.47 Å². The molecule has 124 valence electrons. The fourth-order valence-electron chi connectivity index (χ4n) is 2.60. The molecule has 1 unspecified atom stereocenters. The zero-order chi connectivity index (χ0) is 16.6. The minimum absolute atomic E-state index is 0.260. The number of carbonyl (C=O) groups excluding carboxylic acids is 1. The first-order chi connectivity index (χ1) is 10.8. The summed E-state index contributed by atoms with van der Waals surface area (Å²) in [5.74, 6) is 0.749. The van der Waals surface area contributed by atoms with Gasteiger partial charge in [0.2, 0.25) is 0 Å². The lowest BCUT2D eigenvalue weighted by molar-refractivity contribution is -0.0458. The van der Waals surface area contributed by atoms with Crippen molar-refractivity contribution in [1.29, 1.82) is 0 Å². The molecule has 1 amide bonds. The van der Waals surface area contributed by atoms with Crippen LogP contribution in [0.3, 0.4) is 0 Å². The second kappa shape index (κ2) is 5.85. The van der Waals surface area contributed by atoms with Crippen molar-refractivity contribution in [3.8, 4) is 0 Å². The van der Waals surface area contributed by atoms with Crippen molar-refractivity contribution in [3.05, 3.63) is 29.6 Å². The van der Waals surface area contributed by atoms with Crippen molar-refractivity contribution < 1.29 is 14.3 Å². The van der Waals surface area contributed by atoms with Gasteiger partial charge < -0.3 is 19.4 Å². The molecule has 1 aliphatic heterocycles. The molecule has 1 aromatic carbocycles. The molecule has 1 aliphatic rings. The number of benzene rings is 1. The maximum atomic E-state index is 12.2. The Morgan fingerprint density at radius 3 is 2.96 bits per heavy atom. The number of hydrogen-bond donors (Lipinski definition) is 1. The van der Waals surface area contributed by atoms with Crippen molar-refractivity contribution in [2.45, 2.75) is 39.4 Å². The number of ether oxygens (including phenoxy) is 2. The number of aryl methyl sites for hydroxylation is 1. The van der Waals surface area contributed by atoms with Crippen LogP contribution < -0.4 is 0 Å². The van der Waals surface area contributed by atoms with Crippen LogP contribution in [0.1, 0.15) is 38.3 Å². The number of hydrogen-bond acceptors (Lipinski definition) is 4. The van der Waals surface area contributed by atoms with E-state index in [9.17, 15) is 4.79 Å². The molecule has 1 atom stereocenters. The lowest BCUT2D eigenvalue weighted by Crippen LogP contribution is -2.44. The summed E-state index contributed by atoms with van der Waals surface area (Å²) in [5, 5.41) is 0. The molecular formula is C17H23N3O3. The SMILES string of the molecule is Cc1ccc2nc(C3CN(C(=O)OC(C)(C)C)CCO3)[nH]c2c1. The number of H-pyrrole nitrogens is 1. The van der Waals surface area contributed by atoms with Gasteiger partial charge in [0.1, 0.15) is 17.5 Å². The molecule has 2 aromatic rings. The third-order valence-corrected chi connectivity index (χ3v) is 3.68. The maximum absolute atomic E-state index is 12.2. The number of nitrogens with zero attached hydrogens (tertiary/aromatic N) is 2. The van der Waals surface area contributed by atoms with Crippen molar-refractivity contribution in [2.75, 3.05) is 19.7 Å². The average Bonchev–Trinajstić information content (AvgIpc) is 2.88. The van der Waals surface area contributed by atoms with Crippen LogP contribution in [0.4, 0.5) is 4.79 Å². The summed E-state index contributed by atoms with van der Waals surface area (Å²) in [6.45, 7) is 9.08. The topological polar surface area (TPSA) is 67.5 Å². The molecule has 1 fully saturated rings. The van der Waals surface area contributed by atoms with Crippen LogP contribution in [0.5, 0.6) is 0 Å². The molecule has 0 spiro atoms. The minimum atomic E-state index is -0.498. The molecule has 1 aromatic heterocycles. The van der Waals surface area contributed by atoms with E-state index >= 15 is 0 Å². The Kier molecular flexibility index (Phi) is 4.02. The summed E-state index contributed by atoms with van der Waals surface area (Å²) >= 11 is 0. The van der Waals surface area contributed by atoms with Gasteiger partial charge in [0, 0.05) is 6.54 Å². The predicted molar refractivity (Wildman–Crippen MR) is 87.3 cm³/mol. The van der Waals surface area contributed by atoms with Gasteiger partial charge in [-0.1, -0.05) is 6.07 Å². The molecule has 0 bridgehead atoms. The molecule has 6 nitrogen and oxygen atoms in total. The van der Waals surface area contributed by atoms with Gasteiger partial charge in [-0.3, -0.25) is 0 Å². The standard InChI is InChI=1S/C17H23N3O3/c1-11-5-6-12-13(9-11)19-15(18-12)14-10-20(7-8-22-14)16(21)23-17(2,3)4/h5-6,9,14H,7-8,10H2,1-4H3,(H,18,19). The molecular weight excluding hydrogens is 294 g/mol. The minimum Gasteiger partial charge on any atom is -0.444 e. The van der Waals surface area contributed by atoms with Crippen LogP contribution in [-0.4, -0.2) is 46.3 Å². The van der Waals surface area contributed by atoms with E-state index in [1.807, 2.05) is 39.8 Å². The Hall–Kier alpha value is -2.08. The van der Waals surface area contributed by atoms with E-state index in [1.54, 1.807) is 4.90 Å². The normalized spacial score (nSPS) is 19.1. The van der Waals surface area contributed by atoms with Gasteiger partial charge >= 0.3 is 6.09 Å². The largest absolute Gasteiger partial charge is 0.444 e. The molecule has 6 heteroatoms. The van der Waals surface area contributed by atoms with Crippen molar-refractivity contribution in [1.82, 2.24) is 14.9 Å². The highest BCUT2D eigenvalue weighted by atomic mass is 16.6. The average molecular weight is 317 g/mol. The van der Waals surface area contributed by atoms with E-state index in [4.69, 9.17) is 9.47 Å². The smallest absolute Gasteiger partial charge is 0.410 e. The Morgan fingerprint density at radius 2 is 2.22 bits per heavy atom. The molecule has 2 heterocycles. The third kappa shape index (κ3) is 3.64. The van der Waals surface area contributed by atoms with Crippen molar-refractivity contribution >= 4 is 17.1 Å². The first-order valence-corrected chi connectivity index (χ1v) is 7.87. The summed E-state index contributed by atoms with van der Waals surface area (Å²) in [6.07, 6.45) is -0.568. The van der Waals surface area contributed by atoms with Gasteiger partial charge in [0.15, 0.2) is 0 Å². The highest BCUT2D eigenvalue weighted by Crippen LogP contribution is 2.24. The molecule has 0 saturated carbocycles. The Bertz CT molecular complexity index is 717. The number of aromatic nitrogens is 2. The highest BCUT2D eigenvalue weighted by Gasteiger charge is 2.30. The zero-order valence-corrected chi connectivity index (χ0v) is 14.0. The maximum Gasteiger partial charge on any atom is 0.410 e. The first-order valence-electron chi connectivity index (χ1n) is 7.87. The number of carbonyl (C=O) groups is 1. The Balaban J connectivity index is 1.75. The van der Waals surface area contributed by atoms with Crippen molar-refractivity contribution in [2.24, 2.45) is 0 Å². The van der Waals surface area contributed by atoms with Crippen molar-refractivity contribution in [3.63, 3.8) is 0 Å². The van der Waals surface area contributed by atoms with E-state index in [1.165, 1.54) is 5.56 Å². The van der Waals surface area contributed by atoms with E-state index < -0.39 is 5.60 Å². The van der Waals surface area contributed by atoms with E-state index in [-0.39, 0.29) is 12.2 Å². The summed E-state index contributed by atoms with van der Waals surface area (Å²) in [6, 6.07) is 6.07. The lowest BCUT2D eigenvalue weighted by Gasteiger charge is -2.33. The van der Waals surface area contributed by atoms with E-state index in [0.29, 0.717) is 19.7 Å². The fourth-order valence-corrected chi connectivity index (χ4v) is 2.60. The van der Waals surface area contributed by atoms with Gasteiger partial charge in [-0.15, -0.1) is 0 Å². The fraction of sp³-hybridized carbons (Fsp3) is 0.529. The molecule has 0 aliphatic carbocycles. The molecule has 0 radical (unpaired) electrons. The first kappa shape index (κ1) is 15.8. The quantitative estimate of drug-likeness (QED) is 0.877. The van der Waals surface area contributed by atoms with Gasteiger partial charge in [0.05, 0.1) is 24.2 Å². The molecule has 1 N–H and O–H groups in total. The lowest BCUT2D eigenvalue weighted by atomic mass is 10.2. The number of nitrogens with one attached hydrogen (secondary N) is 1. The number of rotatable bonds is 1. The summed E-state index contributed by atoms with van der Waals surface area (Å²) < 4.78 is 11.2. The molecule has 23 heavy (non-hydrogen) atoms. The molecule has 3 rings (SSSR count). The number of aromatic amines is 1. The van der Waals surface area contributed by atoms with Crippen LogP contribution in [0.15, 0.2) is 18.2 Å². The van der Waals surface area contributed by atoms with Gasteiger partial charge in [-0.05, 0) is 45.4 Å². The monoisotopic (exact) mass is 317 g/mol. The Morgan fingerprint density at radius 1 is 1.43 bits per heavy atom. The number of morpholine rings is 1. The highest BCUT2D eigenvalue weighted by molar-refractivity contribution is 5.76. The number of amides is 1. The second-order valence-electron chi connectivity index (χ2n) is 6.93. The zero-order valence-electron chi connectivity index (χ0n) is 14.0. The third-order valence-electron chi connectivity index (χ3n) is 3.68. The Labute approximate surface area is 135 Å². The summed E-state index contributed by atoms with van der Waals surface area (Å²) in [4.78, 5) is 21.8. The summed E-state index contributed by atoms with van der Waals surface area (Å²) in [7, 11) is 0. The summed E-state index contributed by atoms with van der Waals surface area (Å²) in [5.41, 5.74) is 2.57. The van der Waals surface area contributed by atoms with Crippen LogP contribution >= 0.6 is 0 Å². The second-order valence-corrected chi connectivity index (χ2v) is 6.93. The van der Waals surface area contributed by atoms with Crippen LogP contribution in [0.2, 0.25) is 0 Å². The predicted octanol–water partition coefficient (Wildman–Crippen LogP) is 3.18. The van der Waals surface area contributed by atoms with Gasteiger partial charge in [-0.25, -0.2) is 9.78 Å². The van der Waals surface area contributed by atoms with Gasteiger partial charge in [-0.2, -0.15) is 0 Å². The number of fused-ring (bicyclic) bond motifs is 1. The number of imidazole rings is 1.